The summed E-state index contributed by atoms with van der Waals surface area (Å²) in [5.74, 6) is 0.890. The molecule has 1 N–H and O–H groups in total. The van der Waals surface area contributed by atoms with Crippen molar-refractivity contribution in [2.24, 2.45) is 0 Å². The van der Waals surface area contributed by atoms with Crippen molar-refractivity contribution >= 4 is 27.5 Å². The molecule has 1 amide bonds. The highest BCUT2D eigenvalue weighted by molar-refractivity contribution is 7.89. The van der Waals surface area contributed by atoms with Gasteiger partial charge in [-0.3, -0.25) is 4.79 Å². The number of piperidine rings is 1. The summed E-state index contributed by atoms with van der Waals surface area (Å²) in [5.41, 5.74) is 1.56. The van der Waals surface area contributed by atoms with Gasteiger partial charge in [0.25, 0.3) is 0 Å². The van der Waals surface area contributed by atoms with Gasteiger partial charge in [-0.1, -0.05) is 30.2 Å². The van der Waals surface area contributed by atoms with Gasteiger partial charge in [0.1, 0.15) is 13.2 Å². The second-order valence-corrected chi connectivity index (χ2v) is 10.0. The van der Waals surface area contributed by atoms with Crippen LogP contribution in [0.4, 0.5) is 0 Å². The maximum Gasteiger partial charge on any atom is 0.243 e. The minimum Gasteiger partial charge on any atom is -0.486 e. The number of hydrogen-bond donors (Lipinski definition) is 1. The van der Waals surface area contributed by atoms with Crippen LogP contribution in [0.1, 0.15) is 30.4 Å². The van der Waals surface area contributed by atoms with Gasteiger partial charge in [0.05, 0.1) is 16.3 Å². The molecule has 0 spiro atoms. The Hall–Kier alpha value is -2.29. The molecule has 1 fully saturated rings. The van der Waals surface area contributed by atoms with E-state index in [0.717, 1.165) is 30.4 Å². The molecule has 0 saturated carbocycles. The van der Waals surface area contributed by atoms with Gasteiger partial charge >= 0.3 is 0 Å². The van der Waals surface area contributed by atoms with Gasteiger partial charge in [0.2, 0.25) is 15.9 Å². The molecule has 166 valence electrons. The second-order valence-electron chi connectivity index (χ2n) is 7.66. The number of carbonyl (C=O) groups excluding carboxylic acids is 1. The fourth-order valence-electron chi connectivity index (χ4n) is 3.75. The van der Waals surface area contributed by atoms with E-state index in [2.05, 4.69) is 5.32 Å². The quantitative estimate of drug-likeness (QED) is 0.709. The van der Waals surface area contributed by atoms with Crippen LogP contribution in [0, 0.1) is 0 Å². The third-order valence-electron chi connectivity index (χ3n) is 5.39. The Morgan fingerprint density at radius 1 is 1.00 bits per heavy atom. The number of ether oxygens (including phenoxy) is 2. The summed E-state index contributed by atoms with van der Waals surface area (Å²) >= 11 is 6.22. The largest absolute Gasteiger partial charge is 0.486 e. The molecule has 2 aliphatic heterocycles. The van der Waals surface area contributed by atoms with Crippen LogP contribution in [-0.4, -0.2) is 44.9 Å². The molecule has 2 aliphatic rings. The number of benzene rings is 2. The minimum atomic E-state index is -3.45. The van der Waals surface area contributed by atoms with E-state index in [9.17, 15) is 13.2 Å². The summed E-state index contributed by atoms with van der Waals surface area (Å²) < 4.78 is 38.0. The van der Waals surface area contributed by atoms with E-state index in [1.165, 1.54) is 0 Å². The van der Waals surface area contributed by atoms with E-state index in [-0.39, 0.29) is 17.2 Å². The van der Waals surface area contributed by atoms with Gasteiger partial charge in [0, 0.05) is 19.6 Å². The Bertz CT molecular complexity index is 1050. The maximum atomic E-state index is 12.7. The summed E-state index contributed by atoms with van der Waals surface area (Å²) in [4.78, 5) is 12.7. The van der Waals surface area contributed by atoms with Crippen LogP contribution < -0.4 is 14.8 Å². The molecule has 2 heterocycles. The van der Waals surface area contributed by atoms with Crippen molar-refractivity contribution in [3.63, 3.8) is 0 Å². The lowest BCUT2D eigenvalue weighted by Crippen LogP contribution is -2.35. The second kappa shape index (κ2) is 9.46. The van der Waals surface area contributed by atoms with Crippen molar-refractivity contribution in [3.8, 4) is 11.5 Å². The highest BCUT2D eigenvalue weighted by Gasteiger charge is 2.25. The monoisotopic (exact) mass is 464 g/mol. The molecular formula is C22H25ClN2O5S. The number of carbonyl (C=O) groups is 1. The lowest BCUT2D eigenvalue weighted by molar-refractivity contribution is -0.120. The topological polar surface area (TPSA) is 84.9 Å². The van der Waals surface area contributed by atoms with Gasteiger partial charge in [-0.25, -0.2) is 8.42 Å². The van der Waals surface area contributed by atoms with Crippen molar-refractivity contribution in [3.05, 3.63) is 52.5 Å². The SMILES string of the molecule is O=C(Cc1cc(Cl)c2c(c1)OCCO2)NCc1ccc(S(=O)(=O)N2CCCCC2)cc1. The van der Waals surface area contributed by atoms with Crippen molar-refractivity contribution in [2.45, 2.75) is 37.1 Å². The molecule has 0 atom stereocenters. The third-order valence-corrected chi connectivity index (χ3v) is 7.58. The number of sulfonamides is 1. The Balaban J connectivity index is 1.34. The first kappa shape index (κ1) is 21.9. The number of rotatable bonds is 6. The molecule has 0 bridgehead atoms. The normalized spacial score (nSPS) is 16.7. The van der Waals surface area contributed by atoms with Gasteiger partial charge < -0.3 is 14.8 Å². The number of halogens is 1. The number of nitrogens with zero attached hydrogens (tertiary/aromatic N) is 1. The lowest BCUT2D eigenvalue weighted by atomic mass is 10.1. The summed E-state index contributed by atoms with van der Waals surface area (Å²) in [5, 5.41) is 3.28. The zero-order valence-electron chi connectivity index (χ0n) is 17.1. The molecule has 2 aromatic carbocycles. The highest BCUT2D eigenvalue weighted by Crippen LogP contribution is 2.38. The summed E-state index contributed by atoms with van der Waals surface area (Å²) in [6, 6.07) is 10.1. The van der Waals surface area contributed by atoms with Crippen LogP contribution in [0.5, 0.6) is 11.5 Å². The van der Waals surface area contributed by atoms with Crippen molar-refractivity contribution in [1.29, 1.82) is 0 Å². The Morgan fingerprint density at radius 3 is 2.45 bits per heavy atom. The predicted octanol–water partition coefficient (Wildman–Crippen LogP) is 3.14. The summed E-state index contributed by atoms with van der Waals surface area (Å²) in [6.07, 6.45) is 3.02. The van der Waals surface area contributed by atoms with E-state index in [0.29, 0.717) is 49.4 Å². The molecule has 0 aromatic heterocycles. The average Bonchev–Trinajstić information content (AvgIpc) is 2.78. The Labute approximate surface area is 187 Å². The van der Waals surface area contributed by atoms with Crippen molar-refractivity contribution in [1.82, 2.24) is 9.62 Å². The van der Waals surface area contributed by atoms with E-state index < -0.39 is 10.0 Å². The summed E-state index contributed by atoms with van der Waals surface area (Å²) in [7, 11) is -3.45. The first-order chi connectivity index (χ1) is 14.9. The predicted molar refractivity (Wildman–Crippen MR) is 117 cm³/mol. The van der Waals surface area contributed by atoms with Gasteiger partial charge in [-0.15, -0.1) is 0 Å². The molecule has 31 heavy (non-hydrogen) atoms. The molecular weight excluding hydrogens is 440 g/mol. The molecule has 0 radical (unpaired) electrons. The standard InChI is InChI=1S/C22H25ClN2O5S/c23-19-12-17(13-20-22(19)30-11-10-29-20)14-21(26)24-15-16-4-6-18(7-5-16)31(27,28)25-8-2-1-3-9-25/h4-7,12-13H,1-3,8-11,14-15H2,(H,24,26). The van der Waals surface area contributed by atoms with Crippen LogP contribution in [0.2, 0.25) is 5.02 Å². The number of hydrogen-bond acceptors (Lipinski definition) is 5. The first-order valence-corrected chi connectivity index (χ1v) is 12.2. The maximum absolute atomic E-state index is 12.7. The van der Waals surface area contributed by atoms with Crippen LogP contribution in [0.25, 0.3) is 0 Å². The van der Waals surface area contributed by atoms with Gasteiger partial charge in [-0.05, 0) is 48.2 Å². The molecule has 2 aromatic rings. The minimum absolute atomic E-state index is 0.151. The van der Waals surface area contributed by atoms with Crippen LogP contribution >= 0.6 is 11.6 Å². The van der Waals surface area contributed by atoms with Crippen LogP contribution in [0.3, 0.4) is 0 Å². The number of amides is 1. The zero-order chi connectivity index (χ0) is 21.8. The molecule has 0 unspecified atom stereocenters. The fourth-order valence-corrected chi connectivity index (χ4v) is 5.55. The molecule has 1 saturated heterocycles. The number of nitrogens with one attached hydrogen (secondary N) is 1. The first-order valence-electron chi connectivity index (χ1n) is 10.4. The highest BCUT2D eigenvalue weighted by atomic mass is 35.5. The zero-order valence-corrected chi connectivity index (χ0v) is 18.7. The third kappa shape index (κ3) is 5.14. The number of fused-ring (bicyclic) bond motifs is 1. The van der Waals surface area contributed by atoms with Crippen LogP contribution in [0.15, 0.2) is 41.3 Å². The van der Waals surface area contributed by atoms with Gasteiger partial charge in [-0.2, -0.15) is 4.31 Å². The Morgan fingerprint density at radius 2 is 1.71 bits per heavy atom. The molecule has 4 rings (SSSR count). The molecule has 0 aliphatic carbocycles. The van der Waals surface area contributed by atoms with E-state index >= 15 is 0 Å². The van der Waals surface area contributed by atoms with Crippen molar-refractivity contribution in [2.75, 3.05) is 26.3 Å². The Kier molecular flexibility index (Phi) is 6.69. The lowest BCUT2D eigenvalue weighted by Gasteiger charge is -2.25. The van der Waals surface area contributed by atoms with Crippen LogP contribution in [-0.2, 0) is 27.8 Å². The molecule has 7 nitrogen and oxygen atoms in total. The summed E-state index contributed by atoms with van der Waals surface area (Å²) in [6.45, 7) is 2.35. The van der Waals surface area contributed by atoms with Gasteiger partial charge in [0.15, 0.2) is 11.5 Å². The fraction of sp³-hybridized carbons (Fsp3) is 0.409. The average molecular weight is 465 g/mol. The van der Waals surface area contributed by atoms with E-state index in [1.54, 1.807) is 40.7 Å². The van der Waals surface area contributed by atoms with E-state index in [4.69, 9.17) is 21.1 Å². The van der Waals surface area contributed by atoms with Crippen molar-refractivity contribution < 1.29 is 22.7 Å². The van der Waals surface area contributed by atoms with E-state index in [1.807, 2.05) is 0 Å². The smallest absolute Gasteiger partial charge is 0.243 e. The molecule has 9 heteroatoms.